The van der Waals surface area contributed by atoms with E-state index in [1.54, 1.807) is 12.3 Å². The number of hydrogen-bond acceptors (Lipinski definition) is 3. The van der Waals surface area contributed by atoms with Crippen LogP contribution in [0.4, 0.5) is 0 Å². The number of ether oxygens (including phenoxy) is 1. The molecular weight excluding hydrogens is 238 g/mol. The van der Waals surface area contributed by atoms with E-state index < -0.39 is 5.97 Å². The third kappa shape index (κ3) is 2.69. The van der Waals surface area contributed by atoms with Crippen LogP contribution >= 0.6 is 15.9 Å². The van der Waals surface area contributed by atoms with Gasteiger partial charge in [0.2, 0.25) is 5.88 Å². The Balaban J connectivity index is 3.01. The highest BCUT2D eigenvalue weighted by atomic mass is 79.9. The van der Waals surface area contributed by atoms with Crippen molar-refractivity contribution in [1.82, 2.24) is 4.98 Å². The van der Waals surface area contributed by atoms with Gasteiger partial charge in [-0.15, -0.1) is 0 Å². The Hall–Kier alpha value is -1.10. The SMILES string of the molecule is COc1ncc(Br)cc1CC(=O)O. The standard InChI is InChI=1S/C8H8BrNO3/c1-13-8-5(3-7(11)12)2-6(9)4-10-8/h2,4H,3H2,1H3,(H,11,12). The van der Waals surface area contributed by atoms with Crippen LogP contribution in [0.15, 0.2) is 16.7 Å². The molecule has 0 aromatic carbocycles. The molecule has 1 N–H and O–H groups in total. The van der Waals surface area contributed by atoms with Gasteiger partial charge in [0, 0.05) is 16.2 Å². The van der Waals surface area contributed by atoms with Gasteiger partial charge in [-0.05, 0) is 22.0 Å². The van der Waals surface area contributed by atoms with Gasteiger partial charge in [0.15, 0.2) is 0 Å². The minimum absolute atomic E-state index is 0.0877. The minimum Gasteiger partial charge on any atom is -0.481 e. The summed E-state index contributed by atoms with van der Waals surface area (Å²) in [4.78, 5) is 14.4. The summed E-state index contributed by atoms with van der Waals surface area (Å²) in [5, 5.41) is 8.58. The quantitative estimate of drug-likeness (QED) is 0.877. The fourth-order valence-electron chi connectivity index (χ4n) is 0.942. The molecule has 13 heavy (non-hydrogen) atoms. The summed E-state index contributed by atoms with van der Waals surface area (Å²) >= 11 is 3.20. The zero-order valence-electron chi connectivity index (χ0n) is 6.95. The van der Waals surface area contributed by atoms with Gasteiger partial charge in [-0.25, -0.2) is 4.98 Å². The molecule has 4 nitrogen and oxygen atoms in total. The van der Waals surface area contributed by atoms with E-state index in [0.29, 0.717) is 11.4 Å². The monoisotopic (exact) mass is 245 g/mol. The Morgan fingerprint density at radius 1 is 1.77 bits per heavy atom. The summed E-state index contributed by atoms with van der Waals surface area (Å²) in [5.74, 6) is -0.552. The Morgan fingerprint density at radius 3 is 3.00 bits per heavy atom. The number of hydrogen-bond donors (Lipinski definition) is 1. The Bertz CT molecular complexity index is 327. The van der Waals surface area contributed by atoms with Crippen molar-refractivity contribution in [2.75, 3.05) is 7.11 Å². The molecule has 0 saturated heterocycles. The van der Waals surface area contributed by atoms with Gasteiger partial charge in [-0.1, -0.05) is 0 Å². The zero-order valence-corrected chi connectivity index (χ0v) is 8.54. The molecule has 0 aliphatic rings. The van der Waals surface area contributed by atoms with Crippen molar-refractivity contribution in [3.63, 3.8) is 0 Å². The van der Waals surface area contributed by atoms with Gasteiger partial charge in [0.1, 0.15) is 0 Å². The van der Waals surface area contributed by atoms with E-state index in [0.717, 1.165) is 4.47 Å². The highest BCUT2D eigenvalue weighted by Gasteiger charge is 2.08. The number of carboxylic acid groups (broad SMARTS) is 1. The highest BCUT2D eigenvalue weighted by molar-refractivity contribution is 9.10. The summed E-state index contributed by atoms with van der Waals surface area (Å²) in [6.45, 7) is 0. The van der Waals surface area contributed by atoms with Crippen molar-refractivity contribution in [3.8, 4) is 5.88 Å². The molecule has 0 saturated carbocycles. The summed E-state index contributed by atoms with van der Waals surface area (Å²) < 4.78 is 5.65. The highest BCUT2D eigenvalue weighted by Crippen LogP contribution is 2.19. The molecule has 0 fully saturated rings. The molecule has 0 spiro atoms. The molecule has 0 atom stereocenters. The molecule has 5 heteroatoms. The molecular formula is C8H8BrNO3. The summed E-state index contributed by atoms with van der Waals surface area (Å²) in [5.41, 5.74) is 0.560. The second-order valence-corrected chi connectivity index (χ2v) is 3.31. The van der Waals surface area contributed by atoms with Crippen LogP contribution in [-0.2, 0) is 11.2 Å². The van der Waals surface area contributed by atoms with E-state index in [4.69, 9.17) is 9.84 Å². The lowest BCUT2D eigenvalue weighted by Gasteiger charge is -2.04. The molecule has 0 bridgehead atoms. The maximum Gasteiger partial charge on any atom is 0.308 e. The normalized spacial score (nSPS) is 9.69. The Kier molecular flexibility index (Phi) is 3.25. The van der Waals surface area contributed by atoms with Gasteiger partial charge < -0.3 is 9.84 Å². The topological polar surface area (TPSA) is 59.4 Å². The Labute approximate surface area is 83.7 Å². The van der Waals surface area contributed by atoms with E-state index in [9.17, 15) is 4.79 Å². The van der Waals surface area contributed by atoms with Crippen LogP contribution in [0.2, 0.25) is 0 Å². The lowest BCUT2D eigenvalue weighted by atomic mass is 10.2. The molecule has 1 aromatic rings. The number of methoxy groups -OCH3 is 1. The first-order chi connectivity index (χ1) is 6.13. The number of halogens is 1. The zero-order chi connectivity index (χ0) is 9.84. The van der Waals surface area contributed by atoms with Gasteiger partial charge in [-0.3, -0.25) is 4.79 Å². The number of aliphatic carboxylic acids is 1. The first-order valence-electron chi connectivity index (χ1n) is 3.53. The smallest absolute Gasteiger partial charge is 0.308 e. The van der Waals surface area contributed by atoms with Crippen molar-refractivity contribution in [3.05, 3.63) is 22.3 Å². The average Bonchev–Trinajstić information content (AvgIpc) is 2.03. The van der Waals surface area contributed by atoms with Crippen LogP contribution in [0, 0.1) is 0 Å². The van der Waals surface area contributed by atoms with Crippen LogP contribution in [0.1, 0.15) is 5.56 Å². The fraction of sp³-hybridized carbons (Fsp3) is 0.250. The first-order valence-corrected chi connectivity index (χ1v) is 4.33. The molecule has 0 aliphatic heterocycles. The van der Waals surface area contributed by atoms with Gasteiger partial charge in [-0.2, -0.15) is 0 Å². The number of pyridine rings is 1. The maximum atomic E-state index is 10.4. The summed E-state index contributed by atoms with van der Waals surface area (Å²) in [6, 6.07) is 1.68. The average molecular weight is 246 g/mol. The largest absolute Gasteiger partial charge is 0.481 e. The molecule has 1 heterocycles. The number of rotatable bonds is 3. The first kappa shape index (κ1) is 9.98. The van der Waals surface area contributed by atoms with Crippen LogP contribution in [0.25, 0.3) is 0 Å². The van der Waals surface area contributed by atoms with Gasteiger partial charge >= 0.3 is 5.97 Å². The summed E-state index contributed by atoms with van der Waals surface area (Å²) in [6.07, 6.45) is 1.47. The molecule has 1 aromatic heterocycles. The molecule has 1 rings (SSSR count). The predicted molar refractivity (Wildman–Crippen MR) is 49.8 cm³/mol. The van der Waals surface area contributed by atoms with Crippen molar-refractivity contribution < 1.29 is 14.6 Å². The van der Waals surface area contributed by atoms with Crippen LogP contribution in [0.3, 0.4) is 0 Å². The van der Waals surface area contributed by atoms with E-state index >= 15 is 0 Å². The molecule has 70 valence electrons. The second kappa shape index (κ2) is 4.23. The second-order valence-electron chi connectivity index (χ2n) is 2.39. The third-order valence-electron chi connectivity index (χ3n) is 1.43. The van der Waals surface area contributed by atoms with E-state index in [2.05, 4.69) is 20.9 Å². The van der Waals surface area contributed by atoms with Crippen molar-refractivity contribution in [2.45, 2.75) is 6.42 Å². The molecule has 0 aliphatic carbocycles. The van der Waals surface area contributed by atoms with Crippen LogP contribution in [-0.4, -0.2) is 23.2 Å². The van der Waals surface area contributed by atoms with E-state index in [1.165, 1.54) is 7.11 Å². The van der Waals surface area contributed by atoms with Crippen LogP contribution < -0.4 is 4.74 Å². The van der Waals surface area contributed by atoms with Gasteiger partial charge in [0.05, 0.1) is 13.5 Å². The predicted octanol–water partition coefficient (Wildman–Crippen LogP) is 1.48. The molecule has 0 amide bonds. The number of nitrogens with zero attached hydrogens (tertiary/aromatic N) is 1. The maximum absolute atomic E-state index is 10.4. The summed E-state index contributed by atoms with van der Waals surface area (Å²) in [7, 11) is 1.46. The number of carbonyl (C=O) groups is 1. The number of aromatic nitrogens is 1. The van der Waals surface area contributed by atoms with Crippen molar-refractivity contribution >= 4 is 21.9 Å². The lowest BCUT2D eigenvalue weighted by molar-refractivity contribution is -0.136. The Morgan fingerprint density at radius 2 is 2.46 bits per heavy atom. The lowest BCUT2D eigenvalue weighted by Crippen LogP contribution is -2.03. The third-order valence-corrected chi connectivity index (χ3v) is 1.86. The molecule has 0 radical (unpaired) electrons. The van der Waals surface area contributed by atoms with Crippen LogP contribution in [0.5, 0.6) is 5.88 Å². The fourth-order valence-corrected chi connectivity index (χ4v) is 1.32. The number of carboxylic acids is 1. The minimum atomic E-state index is -0.904. The van der Waals surface area contributed by atoms with E-state index in [-0.39, 0.29) is 6.42 Å². The van der Waals surface area contributed by atoms with Gasteiger partial charge in [0.25, 0.3) is 0 Å². The van der Waals surface area contributed by atoms with Crippen molar-refractivity contribution in [1.29, 1.82) is 0 Å². The molecule has 0 unspecified atom stereocenters. The van der Waals surface area contributed by atoms with Crippen molar-refractivity contribution in [2.24, 2.45) is 0 Å². The van der Waals surface area contributed by atoms with E-state index in [1.807, 2.05) is 0 Å².